The largest absolute Gasteiger partial charge is 0.507 e. The molecule has 1 aromatic carbocycles. The van der Waals surface area contributed by atoms with Gasteiger partial charge in [-0.15, -0.1) is 0 Å². The van der Waals surface area contributed by atoms with Crippen molar-refractivity contribution in [2.75, 3.05) is 6.61 Å². The molecule has 0 saturated heterocycles. The number of esters is 1. The number of amides is 1. The highest BCUT2D eigenvalue weighted by Crippen LogP contribution is 2.70. The van der Waals surface area contributed by atoms with Gasteiger partial charge in [0.2, 0.25) is 0 Å². The van der Waals surface area contributed by atoms with Gasteiger partial charge in [0.1, 0.15) is 12.4 Å². The number of halogens is 1. The molecule has 10 heteroatoms. The molecular weight excluding hydrogens is 627 g/mol. The Morgan fingerprint density at radius 2 is 1.90 bits per heavy atom. The van der Waals surface area contributed by atoms with Gasteiger partial charge in [-0.1, -0.05) is 6.92 Å². The van der Waals surface area contributed by atoms with Crippen LogP contribution in [0, 0.1) is 32.2 Å². The van der Waals surface area contributed by atoms with Gasteiger partial charge in [0, 0.05) is 33.1 Å². The van der Waals surface area contributed by atoms with Gasteiger partial charge in [-0.05, 0) is 115 Å². The molecule has 4 fully saturated rings. The molecule has 1 heterocycles. The van der Waals surface area contributed by atoms with E-state index in [2.05, 4.69) is 40.0 Å². The monoisotopic (exact) mass is 664 g/mol. The number of fused-ring (bicyclic) bond motifs is 5. The summed E-state index contributed by atoms with van der Waals surface area (Å²) in [5, 5.41) is 49.7. The van der Waals surface area contributed by atoms with E-state index in [4.69, 9.17) is 4.74 Å². The number of aromatic hydroxyl groups is 1. The number of aliphatic hydroxyl groups is 3. The Morgan fingerprint density at radius 3 is 2.65 bits per heavy atom. The molecule has 216 valence electrons. The molecular formula is C30H37IN2O7. The maximum absolute atomic E-state index is 12.9. The molecule has 0 bridgehead atoms. The molecule has 5 N–H and O–H groups in total. The predicted octanol–water partition coefficient (Wildman–Crippen LogP) is 3.43. The zero-order valence-corrected chi connectivity index (χ0v) is 24.8. The molecule has 0 aromatic heterocycles. The van der Waals surface area contributed by atoms with Crippen molar-refractivity contribution in [1.82, 2.24) is 5.43 Å². The molecule has 1 aliphatic heterocycles. The number of aliphatic hydroxyl groups excluding tert-OH is 1. The van der Waals surface area contributed by atoms with Crippen LogP contribution in [0.4, 0.5) is 0 Å². The lowest BCUT2D eigenvalue weighted by atomic mass is 9.41. The van der Waals surface area contributed by atoms with Gasteiger partial charge < -0.3 is 25.2 Å². The molecule has 0 unspecified atom stereocenters. The van der Waals surface area contributed by atoms with Gasteiger partial charge >= 0.3 is 5.97 Å². The quantitative estimate of drug-likeness (QED) is 0.143. The summed E-state index contributed by atoms with van der Waals surface area (Å²) < 4.78 is 6.02. The average molecular weight is 665 g/mol. The number of hydrazone groups is 1. The first-order chi connectivity index (χ1) is 18.9. The minimum absolute atomic E-state index is 0.0594. The summed E-state index contributed by atoms with van der Waals surface area (Å²) >= 11 is 2.07. The Bertz CT molecular complexity index is 1300. The molecule has 1 aromatic rings. The van der Waals surface area contributed by atoms with Crippen molar-refractivity contribution in [2.45, 2.75) is 82.0 Å². The average Bonchev–Trinajstić information content (AvgIpc) is 3.45. The smallest absolute Gasteiger partial charge is 0.331 e. The van der Waals surface area contributed by atoms with E-state index in [-0.39, 0.29) is 48.1 Å². The van der Waals surface area contributed by atoms with Crippen LogP contribution < -0.4 is 5.43 Å². The van der Waals surface area contributed by atoms with Gasteiger partial charge in [0.25, 0.3) is 5.91 Å². The van der Waals surface area contributed by atoms with Gasteiger partial charge in [0.05, 0.1) is 22.9 Å². The summed E-state index contributed by atoms with van der Waals surface area (Å²) in [5.41, 5.74) is 0.165. The summed E-state index contributed by atoms with van der Waals surface area (Å²) in [6.45, 7) is 2.43. The summed E-state index contributed by atoms with van der Waals surface area (Å²) in [6.07, 6.45) is 7.74. The van der Waals surface area contributed by atoms with Crippen LogP contribution in [0.2, 0.25) is 0 Å². The van der Waals surface area contributed by atoms with Gasteiger partial charge in [0.15, 0.2) is 0 Å². The van der Waals surface area contributed by atoms with Crippen molar-refractivity contribution in [3.63, 3.8) is 0 Å². The highest BCUT2D eigenvalue weighted by atomic mass is 127. The normalized spacial score (nSPS) is 42.5. The Balaban J connectivity index is 1.32. The van der Waals surface area contributed by atoms with E-state index in [0.717, 1.165) is 28.4 Å². The van der Waals surface area contributed by atoms with Crippen molar-refractivity contribution in [3.8, 4) is 5.75 Å². The minimum atomic E-state index is -1.22. The van der Waals surface area contributed by atoms with E-state index >= 15 is 0 Å². The van der Waals surface area contributed by atoms with E-state index in [0.29, 0.717) is 32.1 Å². The molecule has 5 aliphatic rings. The lowest BCUT2D eigenvalue weighted by molar-refractivity contribution is -0.237. The molecule has 0 spiro atoms. The third-order valence-corrected chi connectivity index (χ3v) is 12.0. The topological polar surface area (TPSA) is 149 Å². The van der Waals surface area contributed by atoms with Crippen LogP contribution in [-0.4, -0.2) is 62.4 Å². The standard InChI is InChI=1S/C30H37IN2O7/c1-27-8-5-22-23(30(27,39)11-7-21(27)17-12-25(36)40-15-17)6-10-29(38)14-19(34)4-9-28(22,29)16-32-33-26(37)20-13-18(31)2-3-24(20)35/h2-3,12-13,16,19,21-23,34-35,38-39H,4-11,14-15H2,1H3,(H,33,37)/b32-16-/t19-,21+,22+,23-,27-,28+,29+,30+/m1/s1. The SMILES string of the molecule is C[C@]12CC[C@H]3[C@@H](CC[C@]4(O)C[C@H](O)CC[C@]34/C=N\NC(=O)c3cc(I)ccc3O)[C@@]1(O)CC[C@H]2C1=CC(=O)OC1. The van der Waals surface area contributed by atoms with Crippen LogP contribution in [0.15, 0.2) is 34.9 Å². The number of hydrogen-bond donors (Lipinski definition) is 5. The van der Waals surface area contributed by atoms with Crippen LogP contribution in [0.5, 0.6) is 5.75 Å². The second kappa shape index (κ2) is 9.78. The first-order valence-electron chi connectivity index (χ1n) is 14.3. The van der Waals surface area contributed by atoms with Crippen molar-refractivity contribution in [2.24, 2.45) is 33.7 Å². The Morgan fingerprint density at radius 1 is 1.12 bits per heavy atom. The third-order valence-electron chi connectivity index (χ3n) is 11.3. The molecule has 4 saturated carbocycles. The van der Waals surface area contributed by atoms with E-state index in [1.54, 1.807) is 24.4 Å². The zero-order valence-electron chi connectivity index (χ0n) is 22.6. The number of nitrogens with one attached hydrogen (secondary N) is 1. The Labute approximate surface area is 247 Å². The van der Waals surface area contributed by atoms with E-state index < -0.39 is 34.0 Å². The number of nitrogens with zero attached hydrogens (tertiary/aromatic N) is 1. The number of ether oxygens (including phenoxy) is 1. The van der Waals surface area contributed by atoms with Crippen LogP contribution >= 0.6 is 22.6 Å². The van der Waals surface area contributed by atoms with Gasteiger partial charge in [-0.2, -0.15) is 5.10 Å². The lowest BCUT2D eigenvalue weighted by Gasteiger charge is -2.65. The van der Waals surface area contributed by atoms with Crippen molar-refractivity contribution in [3.05, 3.63) is 39.0 Å². The number of carbonyl (C=O) groups is 2. The van der Waals surface area contributed by atoms with Crippen LogP contribution in [0.25, 0.3) is 0 Å². The zero-order chi connectivity index (χ0) is 28.5. The maximum atomic E-state index is 12.9. The summed E-state index contributed by atoms with van der Waals surface area (Å²) in [6, 6.07) is 4.74. The van der Waals surface area contributed by atoms with Crippen molar-refractivity contribution >= 4 is 40.7 Å². The second-order valence-corrected chi connectivity index (χ2v) is 14.1. The Hall–Kier alpha value is -2.02. The molecule has 1 amide bonds. The lowest BCUT2D eigenvalue weighted by Crippen LogP contribution is -2.68. The number of phenolic OH excluding ortho intramolecular Hbond substituents is 1. The number of carbonyl (C=O) groups excluding carboxylic acids is 2. The second-order valence-electron chi connectivity index (χ2n) is 12.9. The maximum Gasteiger partial charge on any atom is 0.331 e. The fraction of sp³-hybridized carbons (Fsp3) is 0.633. The van der Waals surface area contributed by atoms with E-state index in [1.165, 1.54) is 6.07 Å². The minimum Gasteiger partial charge on any atom is -0.507 e. The first-order valence-corrected chi connectivity index (χ1v) is 15.3. The molecule has 4 aliphatic carbocycles. The van der Waals surface area contributed by atoms with Crippen LogP contribution in [0.1, 0.15) is 75.1 Å². The third kappa shape index (κ3) is 4.07. The first kappa shape index (κ1) is 28.1. The highest BCUT2D eigenvalue weighted by molar-refractivity contribution is 14.1. The molecule has 0 radical (unpaired) electrons. The number of phenols is 1. The van der Waals surface area contributed by atoms with E-state index in [9.17, 15) is 30.0 Å². The van der Waals surface area contributed by atoms with Gasteiger partial charge in [-0.25, -0.2) is 10.2 Å². The fourth-order valence-corrected chi connectivity index (χ4v) is 9.81. The van der Waals surface area contributed by atoms with Crippen LogP contribution in [0.3, 0.4) is 0 Å². The molecule has 6 rings (SSSR count). The number of cyclic esters (lactones) is 1. The summed E-state index contributed by atoms with van der Waals surface area (Å²) in [5.74, 6) is -1.16. The molecule has 8 atom stereocenters. The molecule has 40 heavy (non-hydrogen) atoms. The van der Waals surface area contributed by atoms with Crippen LogP contribution in [-0.2, 0) is 9.53 Å². The molecule has 9 nitrogen and oxygen atoms in total. The number of rotatable bonds is 4. The van der Waals surface area contributed by atoms with Gasteiger partial charge in [-0.3, -0.25) is 4.79 Å². The van der Waals surface area contributed by atoms with E-state index in [1.807, 2.05) is 0 Å². The Kier molecular flexibility index (Phi) is 6.87. The predicted molar refractivity (Wildman–Crippen MR) is 154 cm³/mol. The summed E-state index contributed by atoms with van der Waals surface area (Å²) in [4.78, 5) is 24.7. The van der Waals surface area contributed by atoms with Crippen molar-refractivity contribution in [1.29, 1.82) is 0 Å². The number of hydrogen-bond acceptors (Lipinski definition) is 8. The number of benzene rings is 1. The fourth-order valence-electron chi connectivity index (χ4n) is 9.32. The highest BCUT2D eigenvalue weighted by Gasteiger charge is 2.71. The van der Waals surface area contributed by atoms with Crippen molar-refractivity contribution < 1.29 is 34.8 Å². The summed E-state index contributed by atoms with van der Waals surface area (Å²) in [7, 11) is 0.